The lowest BCUT2D eigenvalue weighted by Crippen LogP contribution is -2.41. The fraction of sp³-hybridized carbons (Fsp3) is 0.650. The van der Waals surface area contributed by atoms with Crippen LogP contribution in [0.1, 0.15) is 32.8 Å². The molecule has 0 saturated carbocycles. The van der Waals surface area contributed by atoms with Crippen molar-refractivity contribution in [3.05, 3.63) is 28.8 Å². The summed E-state index contributed by atoms with van der Waals surface area (Å²) in [6.07, 6.45) is 1.17. The minimum atomic E-state index is -0.253. The Labute approximate surface area is 163 Å². The summed E-state index contributed by atoms with van der Waals surface area (Å²) < 4.78 is 5.45. The normalized spacial score (nSPS) is 18.3. The third-order valence-corrected chi connectivity index (χ3v) is 5.11. The monoisotopic (exact) mass is 380 g/mol. The Morgan fingerprint density at radius 1 is 1.38 bits per heavy atom. The van der Waals surface area contributed by atoms with Gasteiger partial charge in [0.2, 0.25) is 0 Å². The third kappa shape index (κ3) is 6.06. The molecule has 0 aromatic heterocycles. The molecule has 0 amide bonds. The SMILES string of the molecule is CCNC(=NCC(C)(C)OC)NCC1CCN(c2cc(Cl)ccc2C)C1. The standard InChI is InChI=1S/C20H33ClN4O/c1-6-22-19(24-14-20(3,4)26-5)23-12-16-9-10-25(13-16)18-11-17(21)8-7-15(18)2/h7-8,11,16H,6,9-10,12-14H2,1-5H3,(H2,22,23,24). The second-order valence-corrected chi connectivity index (χ2v) is 8.01. The van der Waals surface area contributed by atoms with Crippen LogP contribution in [0.25, 0.3) is 0 Å². The molecule has 1 aromatic carbocycles. The van der Waals surface area contributed by atoms with Crippen molar-refractivity contribution in [1.82, 2.24) is 10.6 Å². The maximum atomic E-state index is 6.18. The number of anilines is 1. The number of guanidine groups is 1. The molecule has 1 aliphatic rings. The average Bonchev–Trinajstić information content (AvgIpc) is 3.08. The van der Waals surface area contributed by atoms with Crippen molar-refractivity contribution in [1.29, 1.82) is 0 Å². The number of hydrogen-bond acceptors (Lipinski definition) is 3. The van der Waals surface area contributed by atoms with E-state index in [4.69, 9.17) is 16.3 Å². The number of halogens is 1. The summed E-state index contributed by atoms with van der Waals surface area (Å²) in [5, 5.41) is 7.60. The van der Waals surface area contributed by atoms with Gasteiger partial charge < -0.3 is 20.3 Å². The third-order valence-electron chi connectivity index (χ3n) is 4.87. The van der Waals surface area contributed by atoms with E-state index in [1.807, 2.05) is 19.9 Å². The van der Waals surface area contributed by atoms with Crippen LogP contribution in [0.15, 0.2) is 23.2 Å². The Hall–Kier alpha value is -1.46. The van der Waals surface area contributed by atoms with Crippen LogP contribution in [0, 0.1) is 12.8 Å². The molecular formula is C20H33ClN4O. The van der Waals surface area contributed by atoms with E-state index in [1.54, 1.807) is 7.11 Å². The maximum absolute atomic E-state index is 6.18. The van der Waals surface area contributed by atoms with Gasteiger partial charge in [-0.1, -0.05) is 17.7 Å². The number of rotatable bonds is 7. The van der Waals surface area contributed by atoms with Gasteiger partial charge in [0, 0.05) is 44.0 Å². The molecular weight excluding hydrogens is 348 g/mol. The zero-order chi connectivity index (χ0) is 19.2. The second-order valence-electron chi connectivity index (χ2n) is 7.57. The van der Waals surface area contributed by atoms with Crippen LogP contribution in [0.5, 0.6) is 0 Å². The first kappa shape index (κ1) is 20.8. The van der Waals surface area contributed by atoms with Crippen LogP contribution in [0.2, 0.25) is 5.02 Å². The number of methoxy groups -OCH3 is 1. The van der Waals surface area contributed by atoms with E-state index in [-0.39, 0.29) is 5.60 Å². The molecule has 2 N–H and O–H groups in total. The highest BCUT2D eigenvalue weighted by Crippen LogP contribution is 2.29. The summed E-state index contributed by atoms with van der Waals surface area (Å²) in [5.41, 5.74) is 2.28. The summed E-state index contributed by atoms with van der Waals surface area (Å²) in [6.45, 7) is 12.8. The molecule has 2 rings (SSSR count). The Kier molecular flexibility index (Phi) is 7.59. The summed E-state index contributed by atoms with van der Waals surface area (Å²) in [7, 11) is 1.72. The van der Waals surface area contributed by atoms with E-state index in [9.17, 15) is 0 Å². The van der Waals surface area contributed by atoms with E-state index in [0.717, 1.165) is 37.2 Å². The molecule has 1 fully saturated rings. The van der Waals surface area contributed by atoms with Gasteiger partial charge >= 0.3 is 0 Å². The van der Waals surface area contributed by atoms with Gasteiger partial charge in [-0.05, 0) is 57.7 Å². The second kappa shape index (κ2) is 9.47. The van der Waals surface area contributed by atoms with Crippen LogP contribution in [0.3, 0.4) is 0 Å². The highest BCUT2D eigenvalue weighted by molar-refractivity contribution is 6.30. The zero-order valence-corrected chi connectivity index (χ0v) is 17.5. The Balaban J connectivity index is 1.90. The fourth-order valence-electron chi connectivity index (χ4n) is 3.06. The lowest BCUT2D eigenvalue weighted by atomic mass is 10.1. The topological polar surface area (TPSA) is 48.9 Å². The number of benzene rings is 1. The van der Waals surface area contributed by atoms with Gasteiger partial charge in [-0.15, -0.1) is 0 Å². The number of nitrogens with zero attached hydrogens (tertiary/aromatic N) is 2. The van der Waals surface area contributed by atoms with E-state index in [0.29, 0.717) is 12.5 Å². The number of aliphatic imine (C=N–C) groups is 1. The van der Waals surface area contributed by atoms with Crippen molar-refractivity contribution in [3.63, 3.8) is 0 Å². The molecule has 26 heavy (non-hydrogen) atoms. The predicted octanol–water partition coefficient (Wildman–Crippen LogP) is 3.45. The number of aryl methyl sites for hydroxylation is 1. The van der Waals surface area contributed by atoms with E-state index >= 15 is 0 Å². The van der Waals surface area contributed by atoms with Crippen molar-refractivity contribution in [3.8, 4) is 0 Å². The molecule has 1 heterocycles. The Morgan fingerprint density at radius 3 is 2.85 bits per heavy atom. The van der Waals surface area contributed by atoms with Crippen molar-refractivity contribution in [2.75, 3.05) is 44.7 Å². The Bertz CT molecular complexity index is 618. The van der Waals surface area contributed by atoms with Gasteiger partial charge in [0.25, 0.3) is 0 Å². The molecule has 6 heteroatoms. The number of hydrogen-bond donors (Lipinski definition) is 2. The highest BCUT2D eigenvalue weighted by atomic mass is 35.5. The summed E-state index contributed by atoms with van der Waals surface area (Å²) in [5.74, 6) is 1.45. The van der Waals surface area contributed by atoms with Crippen molar-refractivity contribution < 1.29 is 4.74 Å². The largest absolute Gasteiger partial charge is 0.377 e. The molecule has 0 radical (unpaired) electrons. The lowest BCUT2D eigenvalue weighted by molar-refractivity contribution is 0.0310. The van der Waals surface area contributed by atoms with Gasteiger partial charge in [-0.3, -0.25) is 4.99 Å². The minimum absolute atomic E-state index is 0.253. The van der Waals surface area contributed by atoms with E-state index in [1.165, 1.54) is 17.7 Å². The van der Waals surface area contributed by atoms with Crippen molar-refractivity contribution >= 4 is 23.2 Å². The van der Waals surface area contributed by atoms with Crippen LogP contribution < -0.4 is 15.5 Å². The molecule has 0 aliphatic carbocycles. The summed E-state index contributed by atoms with van der Waals surface area (Å²) in [4.78, 5) is 7.09. The van der Waals surface area contributed by atoms with Gasteiger partial charge in [-0.25, -0.2) is 0 Å². The number of ether oxygens (including phenoxy) is 1. The molecule has 5 nitrogen and oxygen atoms in total. The minimum Gasteiger partial charge on any atom is -0.377 e. The van der Waals surface area contributed by atoms with Crippen molar-refractivity contribution in [2.24, 2.45) is 10.9 Å². The number of nitrogens with one attached hydrogen (secondary N) is 2. The quantitative estimate of drug-likeness (QED) is 0.561. The molecule has 146 valence electrons. The molecule has 1 saturated heterocycles. The highest BCUT2D eigenvalue weighted by Gasteiger charge is 2.24. The van der Waals surface area contributed by atoms with Gasteiger partial charge in [0.1, 0.15) is 0 Å². The van der Waals surface area contributed by atoms with E-state index < -0.39 is 0 Å². The first-order valence-electron chi connectivity index (χ1n) is 9.43. The Morgan fingerprint density at radius 2 is 2.15 bits per heavy atom. The lowest BCUT2D eigenvalue weighted by Gasteiger charge is -2.23. The molecule has 1 aliphatic heterocycles. The smallest absolute Gasteiger partial charge is 0.191 e. The predicted molar refractivity (Wildman–Crippen MR) is 112 cm³/mol. The first-order chi connectivity index (χ1) is 12.3. The van der Waals surface area contributed by atoms with E-state index in [2.05, 4.69) is 46.5 Å². The van der Waals surface area contributed by atoms with Gasteiger partial charge in [0.15, 0.2) is 5.96 Å². The van der Waals surface area contributed by atoms with Crippen LogP contribution in [-0.4, -0.2) is 51.4 Å². The molecule has 0 bridgehead atoms. The van der Waals surface area contributed by atoms with Crippen molar-refractivity contribution in [2.45, 2.75) is 39.7 Å². The molecule has 1 unspecified atom stereocenters. The summed E-state index contributed by atoms with van der Waals surface area (Å²) in [6, 6.07) is 6.12. The molecule has 0 spiro atoms. The maximum Gasteiger partial charge on any atom is 0.191 e. The van der Waals surface area contributed by atoms with Gasteiger partial charge in [-0.2, -0.15) is 0 Å². The van der Waals surface area contributed by atoms with Crippen LogP contribution in [0.4, 0.5) is 5.69 Å². The molecule has 1 atom stereocenters. The fourth-order valence-corrected chi connectivity index (χ4v) is 3.22. The van der Waals surface area contributed by atoms with Gasteiger partial charge in [0.05, 0.1) is 12.1 Å². The first-order valence-corrected chi connectivity index (χ1v) is 9.81. The average molecular weight is 381 g/mol. The molecule has 1 aromatic rings. The zero-order valence-electron chi connectivity index (χ0n) is 16.7. The summed E-state index contributed by atoms with van der Waals surface area (Å²) >= 11 is 6.18. The van der Waals surface area contributed by atoms with Crippen LogP contribution >= 0.6 is 11.6 Å². The van der Waals surface area contributed by atoms with Crippen LogP contribution in [-0.2, 0) is 4.74 Å².